The van der Waals surface area contributed by atoms with E-state index in [2.05, 4.69) is 42.5 Å². The molecule has 1 N–H and O–H groups in total. The lowest BCUT2D eigenvalue weighted by Gasteiger charge is -2.22. The second kappa shape index (κ2) is 10.9. The van der Waals surface area contributed by atoms with Crippen LogP contribution < -0.4 is 0 Å². The van der Waals surface area contributed by atoms with Crippen LogP contribution in [0.3, 0.4) is 0 Å². The van der Waals surface area contributed by atoms with E-state index in [1.165, 1.54) is 0 Å². The van der Waals surface area contributed by atoms with Crippen molar-refractivity contribution in [2.24, 2.45) is 0 Å². The zero-order valence-electron chi connectivity index (χ0n) is 26.1. The smallest absolute Gasteiger partial charge is 0.149 e. The number of benzene rings is 4. The van der Waals surface area contributed by atoms with E-state index in [1.54, 1.807) is 12.3 Å². The Morgan fingerprint density at radius 1 is 0.860 bits per heavy atom. The number of hydrogen-bond acceptors (Lipinski definition) is 4. The molecule has 0 bridgehead atoms. The molecule has 4 aromatic carbocycles. The summed E-state index contributed by atoms with van der Waals surface area (Å²) >= 11 is 0. The van der Waals surface area contributed by atoms with Gasteiger partial charge in [-0.2, -0.15) is 5.26 Å². The highest BCUT2D eigenvalue weighted by molar-refractivity contribution is 5.96. The van der Waals surface area contributed by atoms with Gasteiger partial charge in [-0.15, -0.1) is 0 Å². The Morgan fingerprint density at radius 3 is 2.26 bits per heavy atom. The van der Waals surface area contributed by atoms with Crippen molar-refractivity contribution in [1.82, 2.24) is 14.5 Å². The molecular formula is C38H34N4O. The summed E-state index contributed by atoms with van der Waals surface area (Å²) in [6.07, 6.45) is 1.57. The molecular weight excluding hydrogens is 528 g/mol. The highest BCUT2D eigenvalue weighted by atomic mass is 16.3. The fraction of sp³-hybridized carbons (Fsp3) is 0.184. The maximum Gasteiger partial charge on any atom is 0.149 e. The summed E-state index contributed by atoms with van der Waals surface area (Å²) < 4.78 is 11.0. The van der Waals surface area contributed by atoms with Crippen LogP contribution >= 0.6 is 0 Å². The van der Waals surface area contributed by atoms with Gasteiger partial charge in [0.25, 0.3) is 0 Å². The first-order valence-electron chi connectivity index (χ1n) is 14.9. The number of nitrogens with zero attached hydrogens (tertiary/aromatic N) is 4. The number of fused-ring (bicyclic) bond motifs is 1. The molecule has 43 heavy (non-hydrogen) atoms. The third-order valence-electron chi connectivity index (χ3n) is 7.79. The molecule has 5 nitrogen and oxygen atoms in total. The average molecular weight is 564 g/mol. The number of nitriles is 1. The SMILES string of the molecule is [2H]C(C)(C)c1cc(-c2ccc(C#N)cn2)cc(-c2cccc3c2nc(-c2cccc(C(C)(C)C)c2O)n3-c2ccccc2)c1. The van der Waals surface area contributed by atoms with E-state index in [0.717, 1.165) is 50.2 Å². The third-order valence-corrected chi connectivity index (χ3v) is 7.79. The van der Waals surface area contributed by atoms with Crippen LogP contribution in [0.2, 0.25) is 0 Å². The van der Waals surface area contributed by atoms with Gasteiger partial charge in [-0.05, 0) is 76.5 Å². The molecule has 6 rings (SSSR count). The standard InChI is InChI=1S/C38H34N4O/c1-24(2)26-19-27(21-28(20-26)33-18-17-25(22-39)23-40-33)30-13-10-16-34-35(30)41-37(42(34)29-11-7-6-8-12-29)31-14-9-15-32(36(31)43)38(3,4)5/h6-21,23-24,43H,1-5H3/i24D. The van der Waals surface area contributed by atoms with Gasteiger partial charge in [-0.1, -0.05) is 83.1 Å². The molecule has 0 saturated carbocycles. The van der Waals surface area contributed by atoms with Gasteiger partial charge in [-0.3, -0.25) is 9.55 Å². The van der Waals surface area contributed by atoms with E-state index in [4.69, 9.17) is 6.35 Å². The number of pyridine rings is 1. The average Bonchev–Trinajstić information content (AvgIpc) is 3.40. The summed E-state index contributed by atoms with van der Waals surface area (Å²) in [5, 5.41) is 20.9. The minimum absolute atomic E-state index is 0.223. The largest absolute Gasteiger partial charge is 0.507 e. The molecule has 0 fully saturated rings. The summed E-state index contributed by atoms with van der Waals surface area (Å²) in [6, 6.07) is 33.9. The Balaban J connectivity index is 1.64. The lowest BCUT2D eigenvalue weighted by atomic mass is 9.85. The fourth-order valence-electron chi connectivity index (χ4n) is 5.53. The van der Waals surface area contributed by atoms with Crippen molar-refractivity contribution in [3.05, 3.63) is 120 Å². The first-order chi connectivity index (χ1) is 21.0. The molecule has 2 aromatic heterocycles. The minimum Gasteiger partial charge on any atom is -0.507 e. The van der Waals surface area contributed by atoms with Crippen molar-refractivity contribution >= 4 is 11.0 Å². The Bertz CT molecular complexity index is 2040. The molecule has 0 aliphatic rings. The Hall–Kier alpha value is -5.21. The second-order valence-electron chi connectivity index (χ2n) is 12.1. The maximum absolute atomic E-state index is 11.6. The van der Waals surface area contributed by atoms with Crippen LogP contribution in [-0.4, -0.2) is 19.6 Å². The summed E-state index contributed by atoms with van der Waals surface area (Å²) in [4.78, 5) is 9.79. The van der Waals surface area contributed by atoms with Gasteiger partial charge in [0.05, 0.1) is 27.9 Å². The van der Waals surface area contributed by atoms with E-state index in [-0.39, 0.29) is 11.2 Å². The lowest BCUT2D eigenvalue weighted by molar-refractivity contribution is 0.448. The van der Waals surface area contributed by atoms with E-state index >= 15 is 0 Å². The van der Waals surface area contributed by atoms with Gasteiger partial charge in [-0.25, -0.2) is 4.98 Å². The monoisotopic (exact) mass is 563 g/mol. The van der Waals surface area contributed by atoms with Crippen molar-refractivity contribution in [1.29, 1.82) is 5.26 Å². The normalized spacial score (nSPS) is 12.2. The second-order valence-corrected chi connectivity index (χ2v) is 12.1. The van der Waals surface area contributed by atoms with Crippen LogP contribution in [0.5, 0.6) is 5.75 Å². The van der Waals surface area contributed by atoms with Crippen molar-refractivity contribution in [3.8, 4) is 51.3 Å². The number of rotatable bonds is 5. The van der Waals surface area contributed by atoms with Crippen molar-refractivity contribution in [2.75, 3.05) is 0 Å². The van der Waals surface area contributed by atoms with Crippen molar-refractivity contribution in [2.45, 2.75) is 45.9 Å². The van der Waals surface area contributed by atoms with Crippen LogP contribution in [0.25, 0.3) is 50.5 Å². The van der Waals surface area contributed by atoms with Crippen LogP contribution in [0.15, 0.2) is 103 Å². The summed E-state index contributed by atoms with van der Waals surface area (Å²) in [5.41, 5.74) is 8.61. The highest BCUT2D eigenvalue weighted by Gasteiger charge is 2.25. The predicted molar refractivity (Wildman–Crippen MR) is 174 cm³/mol. The lowest BCUT2D eigenvalue weighted by Crippen LogP contribution is -2.11. The molecule has 0 spiro atoms. The summed E-state index contributed by atoms with van der Waals surface area (Å²) in [5.74, 6) is 0.00768. The molecule has 212 valence electrons. The number of aromatic hydroxyl groups is 1. The third kappa shape index (κ3) is 5.17. The Kier molecular flexibility index (Phi) is 6.75. The first-order valence-corrected chi connectivity index (χ1v) is 14.4. The zero-order valence-corrected chi connectivity index (χ0v) is 25.1. The van der Waals surface area contributed by atoms with Crippen LogP contribution in [0.1, 0.15) is 58.6 Å². The van der Waals surface area contributed by atoms with Crippen LogP contribution in [0, 0.1) is 11.3 Å². The molecule has 2 heterocycles. The Morgan fingerprint density at radius 2 is 1.58 bits per heavy atom. The number of para-hydroxylation sites is 3. The van der Waals surface area contributed by atoms with E-state index in [0.29, 0.717) is 17.0 Å². The number of hydrogen-bond donors (Lipinski definition) is 1. The number of phenolic OH excluding ortho intramolecular Hbond substituents is 1. The molecule has 0 amide bonds. The highest BCUT2D eigenvalue weighted by Crippen LogP contribution is 2.42. The fourth-order valence-corrected chi connectivity index (χ4v) is 5.53. The molecule has 0 aliphatic heterocycles. The molecule has 0 aliphatic carbocycles. The first kappa shape index (κ1) is 26.7. The van der Waals surface area contributed by atoms with E-state index < -0.39 is 5.89 Å². The molecule has 0 saturated heterocycles. The zero-order chi connectivity index (χ0) is 31.2. The Labute approximate surface area is 254 Å². The van der Waals surface area contributed by atoms with E-state index in [9.17, 15) is 10.4 Å². The minimum atomic E-state index is -0.862. The number of phenols is 1. The number of aromatic nitrogens is 3. The molecule has 0 unspecified atom stereocenters. The van der Waals surface area contributed by atoms with Crippen molar-refractivity contribution < 1.29 is 6.48 Å². The van der Waals surface area contributed by atoms with Gasteiger partial charge in [0, 0.05) is 24.4 Å². The van der Waals surface area contributed by atoms with Crippen LogP contribution in [-0.2, 0) is 5.41 Å². The summed E-state index contributed by atoms with van der Waals surface area (Å²) in [7, 11) is 0. The van der Waals surface area contributed by atoms with Gasteiger partial charge < -0.3 is 5.11 Å². The van der Waals surface area contributed by atoms with E-state index in [1.807, 2.05) is 98.8 Å². The predicted octanol–water partition coefficient (Wildman–Crippen LogP) is 9.42. The van der Waals surface area contributed by atoms with Gasteiger partial charge in [0.15, 0.2) is 0 Å². The molecule has 5 heteroatoms. The number of imidazole rings is 1. The summed E-state index contributed by atoms with van der Waals surface area (Å²) in [6.45, 7) is 10.0. The molecule has 6 aromatic rings. The molecule has 0 atom stereocenters. The quantitative estimate of drug-likeness (QED) is 0.227. The van der Waals surface area contributed by atoms with Gasteiger partial charge in [0.2, 0.25) is 0 Å². The van der Waals surface area contributed by atoms with Crippen LogP contribution in [0.4, 0.5) is 0 Å². The van der Waals surface area contributed by atoms with Gasteiger partial charge >= 0.3 is 0 Å². The van der Waals surface area contributed by atoms with Crippen molar-refractivity contribution in [3.63, 3.8) is 0 Å². The topological polar surface area (TPSA) is 74.7 Å². The molecule has 0 radical (unpaired) electrons. The van der Waals surface area contributed by atoms with Gasteiger partial charge in [0.1, 0.15) is 17.6 Å². The maximum atomic E-state index is 11.6.